The van der Waals surface area contributed by atoms with E-state index >= 15 is 0 Å². The number of hydrogen-bond donors (Lipinski definition) is 1. The van der Waals surface area contributed by atoms with Gasteiger partial charge in [0.05, 0.1) is 13.4 Å². The molecular formula is C15H15N5O3. The first-order valence-electron chi connectivity index (χ1n) is 6.89. The second-order valence-corrected chi connectivity index (χ2v) is 4.78. The molecule has 0 saturated heterocycles. The van der Waals surface area contributed by atoms with E-state index in [1.807, 2.05) is 30.3 Å². The van der Waals surface area contributed by atoms with E-state index in [4.69, 9.17) is 10.5 Å². The number of nitrogens with two attached hydrogens (primary N) is 1. The Morgan fingerprint density at radius 1 is 1.26 bits per heavy atom. The molecule has 0 radical (unpaired) electrons. The molecule has 0 bridgehead atoms. The molecule has 23 heavy (non-hydrogen) atoms. The molecule has 3 aromatic rings. The van der Waals surface area contributed by atoms with Crippen molar-refractivity contribution in [1.29, 1.82) is 0 Å². The van der Waals surface area contributed by atoms with Crippen LogP contribution in [0.25, 0.3) is 11.2 Å². The molecule has 0 fully saturated rings. The second-order valence-electron chi connectivity index (χ2n) is 4.78. The van der Waals surface area contributed by atoms with E-state index in [0.29, 0.717) is 17.8 Å². The van der Waals surface area contributed by atoms with Crippen LogP contribution in [0.2, 0.25) is 0 Å². The number of nitrogen functional groups attached to an aromatic ring is 1. The number of rotatable bonds is 5. The Labute approximate surface area is 131 Å². The third kappa shape index (κ3) is 3.20. The van der Waals surface area contributed by atoms with E-state index in [9.17, 15) is 4.79 Å². The molecule has 0 saturated carbocycles. The molecule has 0 unspecified atom stereocenters. The van der Waals surface area contributed by atoms with Gasteiger partial charge in [-0.3, -0.25) is 4.79 Å². The fourth-order valence-corrected chi connectivity index (χ4v) is 2.08. The molecule has 2 N–H and O–H groups in total. The Hall–Kier alpha value is -3.16. The van der Waals surface area contributed by atoms with E-state index < -0.39 is 5.97 Å². The summed E-state index contributed by atoms with van der Waals surface area (Å²) in [4.78, 5) is 23.8. The van der Waals surface area contributed by atoms with E-state index in [1.165, 1.54) is 18.0 Å². The number of ether oxygens (including phenoxy) is 2. The number of carbonyl (C=O) groups excluding carboxylic acids is 1. The highest BCUT2D eigenvalue weighted by molar-refractivity contribution is 5.79. The van der Waals surface area contributed by atoms with Crippen molar-refractivity contribution < 1.29 is 14.3 Å². The summed E-state index contributed by atoms with van der Waals surface area (Å²) < 4.78 is 11.9. The fraction of sp³-hybridized carbons (Fsp3) is 0.200. The summed E-state index contributed by atoms with van der Waals surface area (Å²) in [5, 5.41) is 0. The molecule has 0 aliphatic heterocycles. The summed E-state index contributed by atoms with van der Waals surface area (Å²) in [5.74, 6) is -0.0830. The molecule has 0 aliphatic carbocycles. The number of imidazole rings is 1. The van der Waals surface area contributed by atoms with Gasteiger partial charge in [-0.25, -0.2) is 4.98 Å². The summed E-state index contributed by atoms with van der Waals surface area (Å²) in [6.07, 6.45) is 1.48. The quantitative estimate of drug-likeness (QED) is 0.704. The molecule has 0 aliphatic rings. The van der Waals surface area contributed by atoms with Gasteiger partial charge in [-0.1, -0.05) is 30.3 Å². The van der Waals surface area contributed by atoms with Crippen LogP contribution < -0.4 is 10.5 Å². The van der Waals surface area contributed by atoms with Crippen molar-refractivity contribution in [3.8, 4) is 5.88 Å². The van der Waals surface area contributed by atoms with Gasteiger partial charge in [-0.15, -0.1) is 0 Å². The van der Waals surface area contributed by atoms with Gasteiger partial charge in [-0.05, 0) is 5.56 Å². The average Bonchev–Trinajstić information content (AvgIpc) is 2.96. The van der Waals surface area contributed by atoms with Crippen molar-refractivity contribution in [2.45, 2.75) is 13.2 Å². The summed E-state index contributed by atoms with van der Waals surface area (Å²) in [6, 6.07) is 9.66. The minimum absolute atomic E-state index is 0.0123. The Bertz CT molecular complexity index is 832. The first-order chi connectivity index (χ1) is 11.2. The number of hydrogen-bond acceptors (Lipinski definition) is 7. The van der Waals surface area contributed by atoms with E-state index in [2.05, 4.69) is 19.7 Å². The molecular weight excluding hydrogens is 298 g/mol. The molecule has 8 nitrogen and oxygen atoms in total. The van der Waals surface area contributed by atoms with Gasteiger partial charge in [0.2, 0.25) is 11.8 Å². The fourth-order valence-electron chi connectivity index (χ4n) is 2.08. The van der Waals surface area contributed by atoms with E-state index in [1.54, 1.807) is 0 Å². The van der Waals surface area contributed by atoms with Gasteiger partial charge < -0.3 is 19.8 Å². The van der Waals surface area contributed by atoms with Gasteiger partial charge >= 0.3 is 5.97 Å². The molecule has 2 aromatic heterocycles. The predicted octanol–water partition coefficient (Wildman–Crippen LogP) is 1.16. The van der Waals surface area contributed by atoms with Crippen molar-refractivity contribution in [3.05, 3.63) is 42.2 Å². The lowest BCUT2D eigenvalue weighted by atomic mass is 10.2. The maximum Gasteiger partial charge on any atom is 0.325 e. The molecule has 0 atom stereocenters. The molecule has 8 heteroatoms. The van der Waals surface area contributed by atoms with Crippen LogP contribution in [0, 0.1) is 0 Å². The molecule has 2 heterocycles. The smallest absolute Gasteiger partial charge is 0.325 e. The largest absolute Gasteiger partial charge is 0.471 e. The molecule has 0 amide bonds. The highest BCUT2D eigenvalue weighted by Gasteiger charge is 2.15. The first kappa shape index (κ1) is 14.8. The number of carbonyl (C=O) groups is 1. The third-order valence-electron chi connectivity index (χ3n) is 3.19. The van der Waals surface area contributed by atoms with Crippen molar-refractivity contribution in [3.63, 3.8) is 0 Å². The maximum atomic E-state index is 11.4. The maximum absolute atomic E-state index is 11.4. The average molecular weight is 313 g/mol. The topological polar surface area (TPSA) is 105 Å². The lowest BCUT2D eigenvalue weighted by Gasteiger charge is -2.07. The third-order valence-corrected chi connectivity index (χ3v) is 3.19. The number of fused-ring (bicyclic) bond motifs is 1. The van der Waals surface area contributed by atoms with Gasteiger partial charge in [0, 0.05) is 0 Å². The van der Waals surface area contributed by atoms with Crippen LogP contribution in [-0.2, 0) is 22.7 Å². The van der Waals surface area contributed by atoms with Crippen LogP contribution in [0.4, 0.5) is 5.95 Å². The summed E-state index contributed by atoms with van der Waals surface area (Å²) in [6.45, 7) is 0.317. The van der Waals surface area contributed by atoms with Crippen molar-refractivity contribution in [2.75, 3.05) is 12.8 Å². The van der Waals surface area contributed by atoms with Crippen LogP contribution in [0.5, 0.6) is 5.88 Å². The minimum Gasteiger partial charge on any atom is -0.471 e. The molecule has 1 aromatic carbocycles. The van der Waals surface area contributed by atoms with Crippen LogP contribution >= 0.6 is 0 Å². The molecule has 0 spiro atoms. The highest BCUT2D eigenvalue weighted by Crippen LogP contribution is 2.22. The lowest BCUT2D eigenvalue weighted by Crippen LogP contribution is -2.11. The van der Waals surface area contributed by atoms with Crippen molar-refractivity contribution in [1.82, 2.24) is 19.5 Å². The second kappa shape index (κ2) is 6.30. The first-order valence-corrected chi connectivity index (χ1v) is 6.89. The summed E-state index contributed by atoms with van der Waals surface area (Å²) in [7, 11) is 1.32. The highest BCUT2D eigenvalue weighted by atomic mass is 16.5. The standard InChI is InChI=1S/C15H15N5O3/c1-22-11(21)7-20-9-17-12-13(20)18-15(16)19-14(12)23-8-10-5-3-2-4-6-10/h2-6,9H,7-8H2,1H3,(H2,16,18,19). The van der Waals surface area contributed by atoms with Gasteiger partial charge in [-0.2, -0.15) is 9.97 Å². The SMILES string of the molecule is COC(=O)Cn1cnc2c(OCc3ccccc3)nc(N)nc21. The zero-order valence-electron chi connectivity index (χ0n) is 12.5. The normalized spacial score (nSPS) is 10.7. The number of benzene rings is 1. The number of esters is 1. The van der Waals surface area contributed by atoms with Gasteiger partial charge in [0.15, 0.2) is 11.2 Å². The number of aromatic nitrogens is 4. The summed E-state index contributed by atoms with van der Waals surface area (Å²) >= 11 is 0. The zero-order chi connectivity index (χ0) is 16.2. The Balaban J connectivity index is 1.90. The number of anilines is 1. The molecule has 118 valence electrons. The van der Waals surface area contributed by atoms with Crippen LogP contribution in [0.15, 0.2) is 36.7 Å². The van der Waals surface area contributed by atoms with Gasteiger partial charge in [0.25, 0.3) is 0 Å². The molecule has 3 rings (SSSR count). The number of methoxy groups -OCH3 is 1. The summed E-state index contributed by atoms with van der Waals surface area (Å²) in [5.41, 5.74) is 7.58. The number of nitrogens with zero attached hydrogens (tertiary/aromatic N) is 4. The zero-order valence-corrected chi connectivity index (χ0v) is 12.5. The predicted molar refractivity (Wildman–Crippen MR) is 82.5 cm³/mol. The van der Waals surface area contributed by atoms with Crippen molar-refractivity contribution in [2.24, 2.45) is 0 Å². The van der Waals surface area contributed by atoms with Crippen LogP contribution in [0.3, 0.4) is 0 Å². The van der Waals surface area contributed by atoms with Crippen molar-refractivity contribution >= 4 is 23.1 Å². The monoisotopic (exact) mass is 313 g/mol. The van der Waals surface area contributed by atoms with E-state index in [0.717, 1.165) is 5.56 Å². The lowest BCUT2D eigenvalue weighted by molar-refractivity contribution is -0.141. The Morgan fingerprint density at radius 2 is 2.04 bits per heavy atom. The Kier molecular flexibility index (Phi) is 4.05. The van der Waals surface area contributed by atoms with E-state index in [-0.39, 0.29) is 18.4 Å². The van der Waals surface area contributed by atoms with Crippen LogP contribution in [-0.4, -0.2) is 32.6 Å². The van der Waals surface area contributed by atoms with Crippen LogP contribution in [0.1, 0.15) is 5.56 Å². The van der Waals surface area contributed by atoms with Gasteiger partial charge in [0.1, 0.15) is 13.2 Å². The Morgan fingerprint density at radius 3 is 2.78 bits per heavy atom. The minimum atomic E-state index is -0.409.